The molecule has 0 saturated carbocycles. The predicted molar refractivity (Wildman–Crippen MR) is 51.8 cm³/mol. The van der Waals surface area contributed by atoms with Gasteiger partial charge in [0.2, 0.25) is 0 Å². The number of hydrogen-bond acceptors (Lipinski definition) is 3. The summed E-state index contributed by atoms with van der Waals surface area (Å²) in [4.78, 5) is 10.9. The van der Waals surface area contributed by atoms with Crippen LogP contribution in [0, 0.1) is 5.92 Å². The first kappa shape index (κ1) is 12.6. The number of methoxy groups -OCH3 is 1. The van der Waals surface area contributed by atoms with Crippen LogP contribution in [0.1, 0.15) is 26.7 Å². The fraction of sp³-hybridized carbons (Fsp3) is 0.900. The van der Waals surface area contributed by atoms with Crippen LogP contribution in [-0.2, 0) is 14.3 Å². The van der Waals surface area contributed by atoms with Crippen molar-refractivity contribution in [2.45, 2.75) is 26.7 Å². The van der Waals surface area contributed by atoms with Crippen molar-refractivity contribution >= 4 is 5.78 Å². The third kappa shape index (κ3) is 9.50. The molecule has 0 N–H and O–H groups in total. The molecule has 0 aromatic rings. The van der Waals surface area contributed by atoms with Crippen molar-refractivity contribution in [2.24, 2.45) is 5.92 Å². The molecule has 0 rings (SSSR count). The van der Waals surface area contributed by atoms with Crippen LogP contribution < -0.4 is 0 Å². The van der Waals surface area contributed by atoms with Gasteiger partial charge in [0.1, 0.15) is 6.61 Å². The lowest BCUT2D eigenvalue weighted by atomic mass is 10.1. The molecule has 0 amide bonds. The Kier molecular flexibility index (Phi) is 7.94. The van der Waals surface area contributed by atoms with Gasteiger partial charge in [0.25, 0.3) is 0 Å². The van der Waals surface area contributed by atoms with Gasteiger partial charge in [0.05, 0.1) is 6.61 Å². The Morgan fingerprint density at radius 3 is 2.54 bits per heavy atom. The molecule has 78 valence electrons. The monoisotopic (exact) mass is 188 g/mol. The smallest absolute Gasteiger partial charge is 0.160 e. The second kappa shape index (κ2) is 8.20. The Hall–Kier alpha value is -0.410. The first-order valence-electron chi connectivity index (χ1n) is 4.75. The number of rotatable bonds is 8. The molecule has 0 aliphatic heterocycles. The molecule has 0 unspecified atom stereocenters. The maximum Gasteiger partial charge on any atom is 0.160 e. The van der Waals surface area contributed by atoms with E-state index in [-0.39, 0.29) is 12.4 Å². The predicted octanol–water partition coefficient (Wildman–Crippen LogP) is 1.65. The van der Waals surface area contributed by atoms with E-state index < -0.39 is 0 Å². The minimum Gasteiger partial charge on any atom is -0.381 e. The maximum absolute atomic E-state index is 10.9. The molecule has 0 radical (unpaired) electrons. The zero-order chi connectivity index (χ0) is 10.1. The van der Waals surface area contributed by atoms with Crippen LogP contribution in [-0.4, -0.2) is 32.7 Å². The first-order valence-corrected chi connectivity index (χ1v) is 4.75. The normalized spacial score (nSPS) is 10.8. The number of hydrogen-bond donors (Lipinski definition) is 0. The molecule has 0 heterocycles. The Bertz CT molecular complexity index is 132. The van der Waals surface area contributed by atoms with Gasteiger partial charge >= 0.3 is 0 Å². The van der Waals surface area contributed by atoms with Crippen LogP contribution in [0.25, 0.3) is 0 Å². The minimum absolute atomic E-state index is 0.104. The summed E-state index contributed by atoms with van der Waals surface area (Å²) in [6, 6.07) is 0. The molecular formula is C10H20O3. The Morgan fingerprint density at radius 1 is 1.31 bits per heavy atom. The van der Waals surface area contributed by atoms with Crippen LogP contribution in [0.2, 0.25) is 0 Å². The number of ketones is 1. The van der Waals surface area contributed by atoms with Gasteiger partial charge in [-0.1, -0.05) is 13.8 Å². The average Bonchev–Trinajstić information content (AvgIpc) is 2.03. The summed E-state index contributed by atoms with van der Waals surface area (Å²) in [5.41, 5.74) is 0. The van der Waals surface area contributed by atoms with Gasteiger partial charge in [-0.25, -0.2) is 0 Å². The van der Waals surface area contributed by atoms with Crippen molar-refractivity contribution < 1.29 is 14.3 Å². The lowest BCUT2D eigenvalue weighted by Gasteiger charge is -2.05. The summed E-state index contributed by atoms with van der Waals surface area (Å²) in [5.74, 6) is 0.765. The summed E-state index contributed by atoms with van der Waals surface area (Å²) in [6.07, 6.45) is 1.52. The molecular weight excluding hydrogens is 168 g/mol. The van der Waals surface area contributed by atoms with Crippen molar-refractivity contribution in [1.29, 1.82) is 0 Å². The summed E-state index contributed by atoms with van der Waals surface area (Å²) < 4.78 is 9.98. The van der Waals surface area contributed by atoms with E-state index in [1.54, 1.807) is 0 Å². The van der Waals surface area contributed by atoms with Crippen LogP contribution in [0.15, 0.2) is 0 Å². The summed E-state index contributed by atoms with van der Waals surface area (Å²) in [5, 5.41) is 0. The van der Waals surface area contributed by atoms with E-state index in [4.69, 9.17) is 9.47 Å². The third-order valence-corrected chi connectivity index (χ3v) is 1.67. The fourth-order valence-electron chi connectivity index (χ4n) is 0.840. The van der Waals surface area contributed by atoms with Crippen molar-refractivity contribution in [1.82, 2.24) is 0 Å². The van der Waals surface area contributed by atoms with Gasteiger partial charge in [-0.05, 0) is 12.3 Å². The van der Waals surface area contributed by atoms with Crippen LogP contribution in [0.4, 0.5) is 0 Å². The van der Waals surface area contributed by atoms with E-state index in [2.05, 4.69) is 13.8 Å². The third-order valence-electron chi connectivity index (χ3n) is 1.67. The van der Waals surface area contributed by atoms with Crippen molar-refractivity contribution in [3.05, 3.63) is 0 Å². The standard InChI is InChI=1S/C10H20O3/c1-9(2)4-6-13-7-5-10(11)8-12-3/h9H,4-8H2,1-3H3. The number of Topliss-reactive ketones (excluding diaryl/α,β-unsaturated/α-hetero) is 1. The number of carbonyl (C=O) groups is 1. The highest BCUT2D eigenvalue weighted by Gasteiger charge is 2.00. The summed E-state index contributed by atoms with van der Waals surface area (Å²) in [7, 11) is 1.53. The van der Waals surface area contributed by atoms with Gasteiger partial charge in [-0.2, -0.15) is 0 Å². The molecule has 0 bridgehead atoms. The zero-order valence-corrected chi connectivity index (χ0v) is 8.84. The quantitative estimate of drug-likeness (QED) is 0.543. The first-order chi connectivity index (χ1) is 6.16. The molecule has 0 spiro atoms. The van der Waals surface area contributed by atoms with Gasteiger partial charge < -0.3 is 9.47 Å². The van der Waals surface area contributed by atoms with E-state index in [0.717, 1.165) is 13.0 Å². The van der Waals surface area contributed by atoms with E-state index in [0.29, 0.717) is 18.9 Å². The van der Waals surface area contributed by atoms with Gasteiger partial charge in [-0.15, -0.1) is 0 Å². The number of carbonyl (C=O) groups excluding carboxylic acids is 1. The van der Waals surface area contributed by atoms with E-state index >= 15 is 0 Å². The molecule has 0 aromatic carbocycles. The van der Waals surface area contributed by atoms with Crippen LogP contribution in [0.3, 0.4) is 0 Å². The minimum atomic E-state index is 0.104. The highest BCUT2D eigenvalue weighted by Crippen LogP contribution is 1.99. The molecule has 13 heavy (non-hydrogen) atoms. The molecule has 0 saturated heterocycles. The average molecular weight is 188 g/mol. The Labute approximate surface area is 80.4 Å². The summed E-state index contributed by atoms with van der Waals surface area (Å²) >= 11 is 0. The van der Waals surface area contributed by atoms with Crippen molar-refractivity contribution in [3.8, 4) is 0 Å². The SMILES string of the molecule is COCC(=O)CCOCCC(C)C. The number of ether oxygens (including phenoxy) is 2. The van der Waals surface area contributed by atoms with E-state index in [9.17, 15) is 4.79 Å². The Balaban J connectivity index is 3.11. The molecule has 0 aliphatic rings. The second-order valence-corrected chi connectivity index (χ2v) is 3.52. The highest BCUT2D eigenvalue weighted by molar-refractivity contribution is 5.79. The molecule has 0 fully saturated rings. The Morgan fingerprint density at radius 2 is 2.00 bits per heavy atom. The van der Waals surface area contributed by atoms with Gasteiger partial charge in [-0.3, -0.25) is 4.79 Å². The molecule has 3 nitrogen and oxygen atoms in total. The van der Waals surface area contributed by atoms with Crippen LogP contribution in [0.5, 0.6) is 0 Å². The second-order valence-electron chi connectivity index (χ2n) is 3.52. The molecule has 0 aromatic heterocycles. The molecule has 0 atom stereocenters. The highest BCUT2D eigenvalue weighted by atomic mass is 16.5. The van der Waals surface area contributed by atoms with Crippen LogP contribution >= 0.6 is 0 Å². The van der Waals surface area contributed by atoms with E-state index in [1.165, 1.54) is 7.11 Å². The maximum atomic E-state index is 10.9. The lowest BCUT2D eigenvalue weighted by molar-refractivity contribution is -0.123. The lowest BCUT2D eigenvalue weighted by Crippen LogP contribution is -2.10. The fourth-order valence-corrected chi connectivity index (χ4v) is 0.840. The largest absolute Gasteiger partial charge is 0.381 e. The molecule has 0 aliphatic carbocycles. The van der Waals surface area contributed by atoms with Gasteiger partial charge in [0.15, 0.2) is 5.78 Å². The van der Waals surface area contributed by atoms with E-state index in [1.807, 2.05) is 0 Å². The summed E-state index contributed by atoms with van der Waals surface area (Å²) in [6.45, 7) is 5.78. The van der Waals surface area contributed by atoms with Crippen molar-refractivity contribution in [2.75, 3.05) is 26.9 Å². The zero-order valence-electron chi connectivity index (χ0n) is 8.84. The topological polar surface area (TPSA) is 35.5 Å². The van der Waals surface area contributed by atoms with Crippen molar-refractivity contribution in [3.63, 3.8) is 0 Å². The van der Waals surface area contributed by atoms with Gasteiger partial charge in [0, 0.05) is 20.1 Å². The molecule has 3 heteroatoms.